The van der Waals surface area contributed by atoms with Crippen molar-refractivity contribution in [2.75, 3.05) is 5.75 Å². The van der Waals surface area contributed by atoms with Crippen LogP contribution in [0.5, 0.6) is 0 Å². The van der Waals surface area contributed by atoms with Crippen LogP contribution in [0.25, 0.3) is 0 Å². The van der Waals surface area contributed by atoms with Gasteiger partial charge in [-0.05, 0) is 12.1 Å². The molecule has 0 fully saturated rings. The van der Waals surface area contributed by atoms with E-state index < -0.39 is 16.3 Å². The van der Waals surface area contributed by atoms with E-state index in [4.69, 9.17) is 0 Å². The first-order valence-electron chi connectivity index (χ1n) is 4.08. The fraction of sp³-hybridized carbons (Fsp3) is 0.333. The van der Waals surface area contributed by atoms with Crippen molar-refractivity contribution in [3.8, 4) is 0 Å². The van der Waals surface area contributed by atoms with Crippen LogP contribution in [-0.4, -0.2) is 14.2 Å². The van der Waals surface area contributed by atoms with Crippen LogP contribution in [0.15, 0.2) is 29.2 Å². The molecule has 0 N–H and O–H groups in total. The van der Waals surface area contributed by atoms with Crippen molar-refractivity contribution in [1.29, 1.82) is 0 Å². The zero-order chi connectivity index (χ0) is 10.8. The Hall–Kier alpha value is 0.290. The van der Waals surface area contributed by atoms with Gasteiger partial charge in [-0.25, -0.2) is 17.2 Å². The zero-order valence-corrected chi connectivity index (χ0v) is 9.45. The molecule has 0 unspecified atom stereocenters. The minimum atomic E-state index is -3.39. The van der Waals surface area contributed by atoms with E-state index in [0.29, 0.717) is 0 Å². The molecular formula is C9H10ArF2O2S. The van der Waals surface area contributed by atoms with E-state index in [1.165, 1.54) is 25.1 Å². The predicted octanol–water partition coefficient (Wildman–Crippen LogP) is 2.42. The van der Waals surface area contributed by atoms with Gasteiger partial charge in [-0.3, -0.25) is 0 Å². The van der Waals surface area contributed by atoms with Crippen molar-refractivity contribution in [2.24, 2.45) is 0 Å². The first-order chi connectivity index (χ1) is 6.47. The van der Waals surface area contributed by atoms with Gasteiger partial charge in [-0.1, -0.05) is 19.1 Å². The molecule has 1 aromatic carbocycles. The number of alkyl halides is 2. The Bertz CT molecular complexity index is 418. The molecule has 0 radical (unpaired) electrons. The van der Waals surface area contributed by atoms with Gasteiger partial charge in [0.2, 0.25) is 0 Å². The third-order valence-corrected chi connectivity index (χ3v) is 3.58. The molecule has 1 aromatic rings. The molecule has 0 spiro atoms. The van der Waals surface area contributed by atoms with Gasteiger partial charge < -0.3 is 0 Å². The van der Waals surface area contributed by atoms with Crippen molar-refractivity contribution in [1.82, 2.24) is 0 Å². The summed E-state index contributed by atoms with van der Waals surface area (Å²) >= 11 is 0. The van der Waals surface area contributed by atoms with Gasteiger partial charge in [0, 0.05) is 43.3 Å². The monoisotopic (exact) mass is 260 g/mol. The average molecular weight is 260 g/mol. The fourth-order valence-corrected chi connectivity index (χ4v) is 1.95. The molecule has 0 heterocycles. The molecule has 0 aliphatic rings. The Kier molecular flexibility index (Phi) is 6.25. The largest absolute Gasteiger partial charge is 0.263 e. The molecule has 86 valence electrons. The summed E-state index contributed by atoms with van der Waals surface area (Å²) in [5.74, 6) is -0.0836. The van der Waals surface area contributed by atoms with Gasteiger partial charge in [0.25, 0.3) is 6.43 Å². The molecule has 0 amide bonds. The Balaban J connectivity index is 0.00000196. The number of halogens is 2. The third kappa shape index (κ3) is 3.98. The Morgan fingerprint density at radius 2 is 1.93 bits per heavy atom. The van der Waals surface area contributed by atoms with E-state index in [9.17, 15) is 17.2 Å². The summed E-state index contributed by atoms with van der Waals surface area (Å²) in [7, 11) is -3.39. The number of benzene rings is 1. The number of hydrogen-bond donors (Lipinski definition) is 0. The Morgan fingerprint density at radius 3 is 2.40 bits per heavy atom. The SMILES string of the molecule is CCS(=O)(=O)c1cccc(C(F)F)c1.[Ar]. The van der Waals surface area contributed by atoms with Crippen LogP contribution < -0.4 is 0 Å². The van der Waals surface area contributed by atoms with E-state index >= 15 is 0 Å². The average Bonchev–Trinajstić information content (AvgIpc) is 2.18. The van der Waals surface area contributed by atoms with Crippen LogP contribution >= 0.6 is 0 Å². The molecule has 0 aromatic heterocycles. The Labute approximate surface area is 118 Å². The number of hydrogen-bond acceptors (Lipinski definition) is 2. The van der Waals surface area contributed by atoms with Crippen molar-refractivity contribution in [3.05, 3.63) is 29.8 Å². The summed E-state index contributed by atoms with van der Waals surface area (Å²) in [5, 5.41) is 0. The summed E-state index contributed by atoms with van der Waals surface area (Å²) in [6.45, 7) is 1.48. The summed E-state index contributed by atoms with van der Waals surface area (Å²) < 4.78 is 47.2. The van der Waals surface area contributed by atoms with Crippen LogP contribution in [0.4, 0.5) is 8.78 Å². The molecule has 15 heavy (non-hydrogen) atoms. The van der Waals surface area contributed by atoms with Gasteiger partial charge in [-0.2, -0.15) is 0 Å². The van der Waals surface area contributed by atoms with Crippen LogP contribution in [0.3, 0.4) is 0 Å². The molecule has 0 aliphatic heterocycles. The number of rotatable bonds is 3. The summed E-state index contributed by atoms with van der Waals surface area (Å²) in [4.78, 5) is -0.0437. The van der Waals surface area contributed by atoms with Crippen LogP contribution in [0, 0.1) is 37.7 Å². The zero-order valence-electron chi connectivity index (χ0n) is 7.93. The van der Waals surface area contributed by atoms with Crippen molar-refractivity contribution < 1.29 is 54.9 Å². The van der Waals surface area contributed by atoms with Crippen molar-refractivity contribution in [3.63, 3.8) is 0 Å². The topological polar surface area (TPSA) is 34.1 Å². The van der Waals surface area contributed by atoms with Gasteiger partial charge in [-0.15, -0.1) is 0 Å². The first-order valence-corrected chi connectivity index (χ1v) is 5.73. The maximum Gasteiger partial charge on any atom is 0.263 e. The molecule has 2 nitrogen and oxygen atoms in total. The second kappa shape index (κ2) is 6.13. The van der Waals surface area contributed by atoms with Gasteiger partial charge in [0.1, 0.15) is 0 Å². The molecule has 1 rings (SSSR count). The first kappa shape index (κ1) is 15.3. The fourth-order valence-electron chi connectivity index (χ4n) is 1.01. The van der Waals surface area contributed by atoms with E-state index in [-0.39, 0.29) is 54.0 Å². The maximum absolute atomic E-state index is 12.2. The second-order valence-corrected chi connectivity index (χ2v) is 5.05. The smallest absolute Gasteiger partial charge is 0.224 e. The van der Waals surface area contributed by atoms with Crippen molar-refractivity contribution in [2.45, 2.75) is 18.2 Å². The number of sulfone groups is 1. The summed E-state index contributed by atoms with van der Waals surface area (Å²) in [6.07, 6.45) is -2.64. The molecule has 0 saturated carbocycles. The van der Waals surface area contributed by atoms with E-state index in [1.54, 1.807) is 0 Å². The summed E-state index contributed by atoms with van der Waals surface area (Å²) in [6, 6.07) is 4.87. The molecular weight excluding hydrogens is 250 g/mol. The van der Waals surface area contributed by atoms with E-state index in [2.05, 4.69) is 0 Å². The second-order valence-electron chi connectivity index (χ2n) is 2.78. The maximum atomic E-state index is 12.2. The van der Waals surface area contributed by atoms with Crippen LogP contribution in [-0.2, 0) is 9.84 Å². The molecule has 0 saturated heterocycles. The minimum Gasteiger partial charge on any atom is -0.224 e. The van der Waals surface area contributed by atoms with Gasteiger partial charge in [0.15, 0.2) is 9.84 Å². The quantitative estimate of drug-likeness (QED) is 0.836. The summed E-state index contributed by atoms with van der Waals surface area (Å²) in [5.41, 5.74) is -0.264. The van der Waals surface area contributed by atoms with Gasteiger partial charge >= 0.3 is 0 Å². The molecule has 0 bridgehead atoms. The molecule has 6 heteroatoms. The molecule has 0 aliphatic carbocycles. The molecule has 0 atom stereocenters. The van der Waals surface area contributed by atoms with E-state index in [1.807, 2.05) is 0 Å². The Morgan fingerprint density at radius 1 is 1.33 bits per heavy atom. The van der Waals surface area contributed by atoms with Crippen LogP contribution in [0.1, 0.15) is 18.9 Å². The van der Waals surface area contributed by atoms with Gasteiger partial charge in [0.05, 0.1) is 10.6 Å². The standard InChI is InChI=1S/C9H10F2O2S.Ar/c1-2-14(12,13)8-5-3-4-7(6-8)9(10)11;/h3-6,9H,2H2,1H3;. The minimum absolute atomic E-state index is 0. The third-order valence-electron chi connectivity index (χ3n) is 1.85. The predicted molar refractivity (Wildman–Crippen MR) is 49.1 cm³/mol. The normalized spacial score (nSPS) is 11.2. The van der Waals surface area contributed by atoms with E-state index in [0.717, 1.165) is 6.07 Å². The van der Waals surface area contributed by atoms with Crippen LogP contribution in [0.2, 0.25) is 0 Å². The van der Waals surface area contributed by atoms with Crippen molar-refractivity contribution >= 4 is 9.84 Å².